The monoisotopic (exact) mass is 358 g/mol. The third-order valence-corrected chi connectivity index (χ3v) is 4.25. The van der Waals surface area contributed by atoms with Crippen molar-refractivity contribution in [3.63, 3.8) is 0 Å². The van der Waals surface area contributed by atoms with Gasteiger partial charge in [0, 0.05) is 29.0 Å². The van der Waals surface area contributed by atoms with Crippen LogP contribution in [0.4, 0.5) is 11.4 Å². The van der Waals surface area contributed by atoms with Crippen LogP contribution in [0.1, 0.15) is 19.4 Å². The summed E-state index contributed by atoms with van der Waals surface area (Å²) < 4.78 is 0. The molecule has 0 saturated carbocycles. The van der Waals surface area contributed by atoms with Crippen LogP contribution in [0.3, 0.4) is 0 Å². The molecule has 2 rings (SSSR count). The summed E-state index contributed by atoms with van der Waals surface area (Å²) >= 11 is 5.98. The molecule has 2 aromatic rings. The van der Waals surface area contributed by atoms with Crippen LogP contribution in [0, 0.1) is 0 Å². The molecule has 0 fully saturated rings. The van der Waals surface area contributed by atoms with Gasteiger partial charge < -0.3 is 15.4 Å². The zero-order valence-electron chi connectivity index (χ0n) is 14.6. The lowest BCUT2D eigenvalue weighted by Crippen LogP contribution is -2.40. The van der Waals surface area contributed by atoms with E-state index in [1.165, 1.54) is 5.01 Å². The second kappa shape index (κ2) is 8.05. The molecule has 25 heavy (non-hydrogen) atoms. The summed E-state index contributed by atoms with van der Waals surface area (Å²) in [7, 11) is 1.95. The molecule has 0 unspecified atom stereocenters. The second-order valence-electron chi connectivity index (χ2n) is 5.87. The predicted molar refractivity (Wildman–Crippen MR) is 104 cm³/mol. The highest BCUT2D eigenvalue weighted by Gasteiger charge is 2.20. The molecule has 6 heteroatoms. The van der Waals surface area contributed by atoms with Gasteiger partial charge in [-0.15, -0.1) is 0 Å². The van der Waals surface area contributed by atoms with Gasteiger partial charge in [0.2, 0.25) is 0 Å². The largest absolute Gasteiger partial charge is 0.401 e. The maximum atomic E-state index is 11.2. The molecule has 0 aliphatic rings. The number of para-hydroxylation sites is 1. The van der Waals surface area contributed by atoms with E-state index in [4.69, 9.17) is 23.2 Å². The number of hydrogen-bond acceptors (Lipinski definition) is 5. The van der Waals surface area contributed by atoms with E-state index in [-0.39, 0.29) is 0 Å². The number of halogens is 1. The van der Waals surface area contributed by atoms with Gasteiger partial charge in [0.05, 0.1) is 17.4 Å². The van der Waals surface area contributed by atoms with Crippen LogP contribution in [-0.2, 0) is 4.79 Å². The van der Waals surface area contributed by atoms with Crippen molar-refractivity contribution in [2.75, 3.05) is 11.9 Å². The fourth-order valence-electron chi connectivity index (χ4n) is 2.59. The third-order valence-electron chi connectivity index (χ3n) is 4.00. The van der Waals surface area contributed by atoms with Crippen molar-refractivity contribution in [1.82, 2.24) is 5.01 Å². The van der Waals surface area contributed by atoms with Gasteiger partial charge in [0.25, 0.3) is 0 Å². The quantitative estimate of drug-likeness (QED) is 0.469. The zero-order chi connectivity index (χ0) is 18.6. The normalized spacial score (nSPS) is 13.0. The van der Waals surface area contributed by atoms with E-state index in [1.807, 2.05) is 60.5 Å². The number of nitrogens with zero attached hydrogens (tertiary/aromatic N) is 2. The predicted octanol–water partition coefficient (Wildman–Crippen LogP) is 3.52. The first-order valence-corrected chi connectivity index (χ1v) is 8.29. The summed E-state index contributed by atoms with van der Waals surface area (Å²) in [6.07, 6.45) is 0.786. The van der Waals surface area contributed by atoms with Crippen molar-refractivity contribution in [3.8, 4) is 0 Å². The maximum Gasteiger partial charge on any atom is 0.143 e. The highest BCUT2D eigenvalue weighted by molar-refractivity contribution is 6.30. The van der Waals surface area contributed by atoms with Gasteiger partial charge in [-0.2, -0.15) is 0 Å². The minimum absolute atomic E-state index is 0.498. The minimum atomic E-state index is -0.498. The standard InChI is InChI=1S/C19H23ClN4O/c1-13(12-25)24(22)19(14(2)21)17-6-4-5-7-18(17)23(3)16-10-8-15(20)9-11-16/h4-13H,21-22H2,1-3H3/b19-14-/t13-/m1/s1. The number of rotatable bonds is 6. The molecule has 0 saturated heterocycles. The number of carbonyl (C=O) groups is 1. The molecular weight excluding hydrogens is 336 g/mol. The Morgan fingerprint density at radius 2 is 1.76 bits per heavy atom. The van der Waals surface area contributed by atoms with Crippen molar-refractivity contribution in [2.45, 2.75) is 19.9 Å². The molecule has 5 nitrogen and oxygen atoms in total. The van der Waals surface area contributed by atoms with Crippen molar-refractivity contribution in [3.05, 3.63) is 64.8 Å². The van der Waals surface area contributed by atoms with Crippen LogP contribution in [0.5, 0.6) is 0 Å². The number of anilines is 2. The summed E-state index contributed by atoms with van der Waals surface area (Å²) in [6, 6.07) is 14.8. The molecule has 0 aliphatic carbocycles. The van der Waals surface area contributed by atoms with E-state index in [9.17, 15) is 4.79 Å². The maximum absolute atomic E-state index is 11.2. The van der Waals surface area contributed by atoms with E-state index >= 15 is 0 Å². The first-order valence-electron chi connectivity index (χ1n) is 7.91. The van der Waals surface area contributed by atoms with Crippen LogP contribution < -0.4 is 16.5 Å². The van der Waals surface area contributed by atoms with Crippen LogP contribution >= 0.6 is 11.6 Å². The van der Waals surface area contributed by atoms with Gasteiger partial charge >= 0.3 is 0 Å². The topological polar surface area (TPSA) is 75.6 Å². The number of aldehydes is 1. The Labute approximate surface area is 153 Å². The number of hydrazine groups is 1. The Bertz CT molecular complexity index is 769. The molecule has 2 aromatic carbocycles. The molecule has 132 valence electrons. The first kappa shape index (κ1) is 18.8. The minimum Gasteiger partial charge on any atom is -0.401 e. The van der Waals surface area contributed by atoms with Gasteiger partial charge in [0.1, 0.15) is 6.29 Å². The van der Waals surface area contributed by atoms with E-state index in [2.05, 4.69) is 0 Å². The average Bonchev–Trinajstić information content (AvgIpc) is 2.61. The summed E-state index contributed by atoms with van der Waals surface area (Å²) in [5, 5.41) is 2.08. The summed E-state index contributed by atoms with van der Waals surface area (Å²) in [6.45, 7) is 3.49. The van der Waals surface area contributed by atoms with E-state index < -0.39 is 6.04 Å². The van der Waals surface area contributed by atoms with Crippen LogP contribution in [0.2, 0.25) is 5.02 Å². The second-order valence-corrected chi connectivity index (χ2v) is 6.30. The molecule has 0 amide bonds. The van der Waals surface area contributed by atoms with Gasteiger partial charge in [-0.25, -0.2) is 5.84 Å². The van der Waals surface area contributed by atoms with Crippen molar-refractivity contribution < 1.29 is 4.79 Å². The highest BCUT2D eigenvalue weighted by Crippen LogP contribution is 2.33. The molecule has 0 heterocycles. The van der Waals surface area contributed by atoms with Gasteiger partial charge in [0.15, 0.2) is 0 Å². The van der Waals surface area contributed by atoms with Crippen LogP contribution in [-0.4, -0.2) is 24.4 Å². The van der Waals surface area contributed by atoms with Crippen LogP contribution in [0.15, 0.2) is 54.2 Å². The summed E-state index contributed by atoms with van der Waals surface area (Å²) in [5.41, 5.74) is 9.98. The number of hydrogen-bond donors (Lipinski definition) is 2. The molecule has 1 atom stereocenters. The Morgan fingerprint density at radius 1 is 1.16 bits per heavy atom. The Morgan fingerprint density at radius 3 is 2.32 bits per heavy atom. The van der Waals surface area contributed by atoms with Crippen molar-refractivity contribution >= 4 is 35.0 Å². The number of benzene rings is 2. The Kier molecular flexibility index (Phi) is 6.07. The number of allylic oxidation sites excluding steroid dienone is 1. The third kappa shape index (κ3) is 4.13. The summed E-state index contributed by atoms with van der Waals surface area (Å²) in [4.78, 5) is 13.2. The first-order chi connectivity index (χ1) is 11.9. The fourth-order valence-corrected chi connectivity index (χ4v) is 2.72. The van der Waals surface area contributed by atoms with E-state index in [1.54, 1.807) is 13.8 Å². The average molecular weight is 359 g/mol. The van der Waals surface area contributed by atoms with E-state index in [0.29, 0.717) is 16.4 Å². The highest BCUT2D eigenvalue weighted by atomic mass is 35.5. The molecule has 0 aliphatic heterocycles. The smallest absolute Gasteiger partial charge is 0.143 e. The molecule has 0 bridgehead atoms. The van der Waals surface area contributed by atoms with Crippen molar-refractivity contribution in [1.29, 1.82) is 0 Å². The van der Waals surface area contributed by atoms with Crippen molar-refractivity contribution in [2.24, 2.45) is 11.6 Å². The van der Waals surface area contributed by atoms with Crippen LogP contribution in [0.25, 0.3) is 5.70 Å². The lowest BCUT2D eigenvalue weighted by molar-refractivity contribution is -0.111. The SMILES string of the molecule is C/C(N)=C(\c1ccccc1N(C)c1ccc(Cl)cc1)N(N)[C@H](C)C=O. The zero-order valence-corrected chi connectivity index (χ0v) is 15.4. The molecule has 0 spiro atoms. The summed E-state index contributed by atoms with van der Waals surface area (Å²) in [5.74, 6) is 6.16. The van der Waals surface area contributed by atoms with E-state index in [0.717, 1.165) is 23.2 Å². The number of carbonyl (C=O) groups excluding carboxylic acids is 1. The van der Waals surface area contributed by atoms with Gasteiger partial charge in [-0.05, 0) is 44.2 Å². The number of nitrogens with two attached hydrogens (primary N) is 2. The molecular formula is C19H23ClN4O. The Hall–Kier alpha value is -2.50. The van der Waals surface area contributed by atoms with Gasteiger partial charge in [-0.3, -0.25) is 5.01 Å². The fraction of sp³-hybridized carbons (Fsp3) is 0.211. The lowest BCUT2D eigenvalue weighted by atomic mass is 10.1. The molecule has 0 radical (unpaired) electrons. The molecule has 4 N–H and O–H groups in total. The molecule has 0 aromatic heterocycles. The van der Waals surface area contributed by atoms with Gasteiger partial charge in [-0.1, -0.05) is 29.8 Å². The Balaban J connectivity index is 2.54. The lowest BCUT2D eigenvalue weighted by Gasteiger charge is -2.30.